The van der Waals surface area contributed by atoms with Crippen LogP contribution < -0.4 is 0 Å². The van der Waals surface area contributed by atoms with Crippen LogP contribution >= 0.6 is 0 Å². The third-order valence-corrected chi connectivity index (χ3v) is 5.09. The van der Waals surface area contributed by atoms with Gasteiger partial charge < -0.3 is 4.74 Å². The van der Waals surface area contributed by atoms with Gasteiger partial charge in [0.15, 0.2) is 0 Å². The number of benzene rings is 3. The second-order valence-corrected chi connectivity index (χ2v) is 6.67. The second kappa shape index (κ2) is 6.83. The zero-order valence-corrected chi connectivity index (χ0v) is 14.5. The third-order valence-electron chi connectivity index (χ3n) is 5.09. The molecule has 1 fully saturated rings. The Kier molecular flexibility index (Phi) is 4.39. The van der Waals surface area contributed by atoms with E-state index in [1.165, 1.54) is 16.7 Å². The van der Waals surface area contributed by atoms with Gasteiger partial charge in [0.2, 0.25) is 0 Å². The lowest BCUT2D eigenvalue weighted by Crippen LogP contribution is -2.45. The maximum Gasteiger partial charge on any atom is 0.138 e. The Morgan fingerprint density at radius 3 is 1.76 bits per heavy atom. The molecule has 1 aliphatic rings. The highest BCUT2D eigenvalue weighted by Gasteiger charge is 2.42. The number of nitrogens with zero attached hydrogens (tertiary/aromatic N) is 1. The zero-order valence-electron chi connectivity index (χ0n) is 14.5. The molecule has 1 heterocycles. The van der Waals surface area contributed by atoms with Crippen molar-refractivity contribution in [3.8, 4) is 0 Å². The molecule has 0 bridgehead atoms. The molecule has 0 unspecified atom stereocenters. The summed E-state index contributed by atoms with van der Waals surface area (Å²) in [7, 11) is 2.14. The van der Waals surface area contributed by atoms with Gasteiger partial charge in [-0.05, 0) is 30.2 Å². The van der Waals surface area contributed by atoms with Crippen LogP contribution in [0.25, 0.3) is 0 Å². The summed E-state index contributed by atoms with van der Waals surface area (Å²) in [5.41, 5.74) is 3.21. The molecule has 126 valence electrons. The maximum atomic E-state index is 6.87. The van der Waals surface area contributed by atoms with Crippen molar-refractivity contribution < 1.29 is 4.74 Å². The molecule has 0 saturated carbocycles. The Morgan fingerprint density at radius 1 is 0.760 bits per heavy atom. The van der Waals surface area contributed by atoms with Crippen LogP contribution in [0.5, 0.6) is 0 Å². The van der Waals surface area contributed by atoms with Crippen LogP contribution in [0.15, 0.2) is 91.0 Å². The second-order valence-electron chi connectivity index (χ2n) is 6.67. The normalized spacial score (nSPS) is 20.3. The monoisotopic (exact) mass is 329 g/mol. The lowest BCUT2D eigenvalue weighted by Gasteiger charge is -2.46. The molecule has 3 aromatic carbocycles. The number of hydrogen-bond donors (Lipinski definition) is 0. The predicted molar refractivity (Wildman–Crippen MR) is 101 cm³/mol. The van der Waals surface area contributed by atoms with Crippen LogP contribution in [0.2, 0.25) is 0 Å². The van der Waals surface area contributed by atoms with Crippen LogP contribution in [0, 0.1) is 0 Å². The Morgan fingerprint density at radius 2 is 1.24 bits per heavy atom. The molecule has 0 radical (unpaired) electrons. The van der Waals surface area contributed by atoms with E-state index in [4.69, 9.17) is 4.74 Å². The molecule has 0 spiro atoms. The van der Waals surface area contributed by atoms with Crippen molar-refractivity contribution in [2.75, 3.05) is 13.6 Å². The highest BCUT2D eigenvalue weighted by molar-refractivity contribution is 5.37. The van der Waals surface area contributed by atoms with E-state index in [1.807, 2.05) is 6.07 Å². The first-order valence-electron chi connectivity index (χ1n) is 8.84. The van der Waals surface area contributed by atoms with E-state index in [1.54, 1.807) is 0 Å². The molecule has 1 aliphatic heterocycles. The van der Waals surface area contributed by atoms with Crippen LogP contribution in [-0.4, -0.2) is 18.5 Å². The molecule has 1 saturated heterocycles. The molecule has 0 aliphatic carbocycles. The fourth-order valence-corrected chi connectivity index (χ4v) is 3.74. The molecule has 2 heteroatoms. The highest BCUT2D eigenvalue weighted by Crippen LogP contribution is 2.45. The smallest absolute Gasteiger partial charge is 0.138 e. The Hall–Kier alpha value is -2.42. The van der Waals surface area contributed by atoms with Crippen molar-refractivity contribution in [1.29, 1.82) is 0 Å². The Bertz CT molecular complexity index is 762. The van der Waals surface area contributed by atoms with Crippen molar-refractivity contribution >= 4 is 0 Å². The lowest BCUT2D eigenvalue weighted by molar-refractivity contribution is -0.179. The van der Waals surface area contributed by atoms with E-state index >= 15 is 0 Å². The fourth-order valence-electron chi connectivity index (χ4n) is 3.74. The number of ether oxygens (including phenoxy) is 1. The van der Waals surface area contributed by atoms with Gasteiger partial charge in [-0.25, -0.2) is 0 Å². The van der Waals surface area contributed by atoms with Gasteiger partial charge in [0.05, 0.1) is 0 Å². The summed E-state index contributed by atoms with van der Waals surface area (Å²) in [6, 6.07) is 31.7. The highest BCUT2D eigenvalue weighted by atomic mass is 16.5. The predicted octanol–water partition coefficient (Wildman–Crippen LogP) is 4.98. The minimum Gasteiger partial charge on any atom is -0.343 e. The van der Waals surface area contributed by atoms with Gasteiger partial charge in [-0.3, -0.25) is 4.90 Å². The van der Waals surface area contributed by atoms with Gasteiger partial charge in [0.1, 0.15) is 11.8 Å². The number of rotatable bonds is 3. The van der Waals surface area contributed by atoms with Gasteiger partial charge in [-0.2, -0.15) is 0 Å². The summed E-state index contributed by atoms with van der Waals surface area (Å²) in [6.45, 7) is 0.976. The first-order chi connectivity index (χ1) is 12.3. The summed E-state index contributed by atoms with van der Waals surface area (Å²) in [6.07, 6.45) is 0.872. The Balaban J connectivity index is 1.82. The average molecular weight is 329 g/mol. The maximum absolute atomic E-state index is 6.87. The van der Waals surface area contributed by atoms with Crippen molar-refractivity contribution in [1.82, 2.24) is 4.90 Å². The molecular weight excluding hydrogens is 306 g/mol. The number of hydrogen-bond acceptors (Lipinski definition) is 2. The van der Waals surface area contributed by atoms with E-state index in [-0.39, 0.29) is 6.23 Å². The van der Waals surface area contributed by atoms with Crippen molar-refractivity contribution in [3.63, 3.8) is 0 Å². The van der Waals surface area contributed by atoms with E-state index < -0.39 is 5.60 Å². The molecule has 0 N–H and O–H groups in total. The average Bonchev–Trinajstić information content (AvgIpc) is 2.71. The first kappa shape index (κ1) is 16.1. The summed E-state index contributed by atoms with van der Waals surface area (Å²) in [4.78, 5) is 2.29. The minimum absolute atomic E-state index is 0.0598. The first-order valence-corrected chi connectivity index (χ1v) is 8.84. The molecule has 0 aromatic heterocycles. The summed E-state index contributed by atoms with van der Waals surface area (Å²) >= 11 is 0. The molecule has 25 heavy (non-hydrogen) atoms. The van der Waals surface area contributed by atoms with E-state index in [9.17, 15) is 0 Å². The van der Waals surface area contributed by atoms with Gasteiger partial charge >= 0.3 is 0 Å². The van der Waals surface area contributed by atoms with Crippen molar-refractivity contribution in [2.24, 2.45) is 0 Å². The van der Waals surface area contributed by atoms with Gasteiger partial charge in [-0.15, -0.1) is 0 Å². The van der Waals surface area contributed by atoms with Crippen LogP contribution in [0.4, 0.5) is 0 Å². The summed E-state index contributed by atoms with van der Waals surface area (Å²) < 4.78 is 6.87. The standard InChI is InChI=1S/C23H23NO/c1-24-18-17-23(20-13-7-3-8-14-20,21-15-9-4-10-16-21)25-22(24)19-11-5-2-6-12-19/h2-16,22H,17-18H2,1H3/t22-/m0/s1. The Labute approximate surface area is 149 Å². The third kappa shape index (κ3) is 2.99. The van der Waals surface area contributed by atoms with Gasteiger partial charge in [0.25, 0.3) is 0 Å². The van der Waals surface area contributed by atoms with Crippen LogP contribution in [-0.2, 0) is 10.3 Å². The van der Waals surface area contributed by atoms with Gasteiger partial charge in [-0.1, -0.05) is 91.0 Å². The topological polar surface area (TPSA) is 12.5 Å². The molecule has 1 atom stereocenters. The quantitative estimate of drug-likeness (QED) is 0.672. The van der Waals surface area contributed by atoms with Crippen LogP contribution in [0.3, 0.4) is 0 Å². The minimum atomic E-state index is -0.421. The van der Waals surface area contributed by atoms with E-state index in [0.29, 0.717) is 0 Å². The molecule has 3 aromatic rings. The lowest BCUT2D eigenvalue weighted by atomic mass is 9.82. The molecule has 0 amide bonds. The van der Waals surface area contributed by atoms with E-state index in [2.05, 4.69) is 96.9 Å². The largest absolute Gasteiger partial charge is 0.343 e. The van der Waals surface area contributed by atoms with Gasteiger partial charge in [0, 0.05) is 6.54 Å². The zero-order chi connectivity index (χ0) is 17.1. The molecular formula is C23H23NO. The van der Waals surface area contributed by atoms with Crippen LogP contribution in [0.1, 0.15) is 29.3 Å². The van der Waals surface area contributed by atoms with Crippen molar-refractivity contribution in [2.45, 2.75) is 18.2 Å². The molecule has 4 rings (SSSR count). The summed E-state index contributed by atoms with van der Waals surface area (Å²) in [5, 5.41) is 0. The van der Waals surface area contributed by atoms with Crippen molar-refractivity contribution in [3.05, 3.63) is 108 Å². The SMILES string of the molecule is CN1CCC(c2ccccc2)(c2ccccc2)O[C@H]1c1ccccc1. The molecule has 2 nitrogen and oxygen atoms in total. The fraction of sp³-hybridized carbons (Fsp3) is 0.217. The van der Waals surface area contributed by atoms with E-state index in [0.717, 1.165) is 13.0 Å². The summed E-state index contributed by atoms with van der Waals surface area (Å²) in [5.74, 6) is 0.